The van der Waals surface area contributed by atoms with Crippen molar-refractivity contribution in [2.75, 3.05) is 13.1 Å². The van der Waals surface area contributed by atoms with Gasteiger partial charge in [-0.05, 0) is 25.0 Å². The van der Waals surface area contributed by atoms with Gasteiger partial charge in [0.15, 0.2) is 5.69 Å². The second-order valence-electron chi connectivity index (χ2n) is 5.99. The van der Waals surface area contributed by atoms with Crippen molar-refractivity contribution in [3.8, 4) is 5.69 Å². The van der Waals surface area contributed by atoms with Crippen LogP contribution in [-0.2, 0) is 11.0 Å². The zero-order chi connectivity index (χ0) is 18.9. The summed E-state index contributed by atoms with van der Waals surface area (Å²) in [6.45, 7) is 0.411. The number of carbonyl (C=O) groups is 2. The summed E-state index contributed by atoms with van der Waals surface area (Å²) in [5.41, 5.74) is -1.27. The van der Waals surface area contributed by atoms with Crippen molar-refractivity contribution in [2.24, 2.45) is 5.92 Å². The molecule has 1 fully saturated rings. The van der Waals surface area contributed by atoms with E-state index in [0.717, 1.165) is 16.9 Å². The molecular weight excluding hydrogens is 353 g/mol. The lowest BCUT2D eigenvalue weighted by molar-refractivity contribution is -0.143. The number of nitrogens with zero attached hydrogens (tertiary/aromatic N) is 4. The molecule has 138 valence electrons. The third-order valence-corrected chi connectivity index (χ3v) is 4.23. The average Bonchev–Trinajstić information content (AvgIpc) is 3.10. The lowest BCUT2D eigenvalue weighted by Crippen LogP contribution is -2.42. The molecule has 1 aromatic heterocycles. The number of hydrogen-bond donors (Lipinski definition) is 1. The minimum Gasteiger partial charge on any atom is -0.481 e. The lowest BCUT2D eigenvalue weighted by atomic mass is 9.98. The number of rotatable bonds is 3. The molecule has 0 saturated carbocycles. The van der Waals surface area contributed by atoms with Crippen LogP contribution in [0.15, 0.2) is 30.5 Å². The van der Waals surface area contributed by atoms with Gasteiger partial charge < -0.3 is 10.0 Å². The summed E-state index contributed by atoms with van der Waals surface area (Å²) in [5.74, 6) is -2.19. The Morgan fingerprint density at radius 3 is 2.65 bits per heavy atom. The lowest BCUT2D eigenvalue weighted by Gasteiger charge is -2.29. The number of halogens is 3. The molecule has 2 aromatic rings. The van der Waals surface area contributed by atoms with Crippen molar-refractivity contribution in [2.45, 2.75) is 19.0 Å². The molecule has 0 aliphatic carbocycles. The van der Waals surface area contributed by atoms with E-state index in [2.05, 4.69) is 10.3 Å². The van der Waals surface area contributed by atoms with Crippen LogP contribution in [0.2, 0.25) is 0 Å². The maximum atomic E-state index is 13.1. The first kappa shape index (κ1) is 17.9. The molecule has 0 spiro atoms. The van der Waals surface area contributed by atoms with Crippen LogP contribution >= 0.6 is 0 Å². The van der Waals surface area contributed by atoms with Crippen molar-refractivity contribution in [1.29, 1.82) is 0 Å². The molecule has 2 heterocycles. The van der Waals surface area contributed by atoms with Crippen LogP contribution in [0.4, 0.5) is 13.2 Å². The SMILES string of the molecule is O=C(O)C1CCCN(C(=O)c2cn(-c3ccccc3C(F)(F)F)nn2)C1. The summed E-state index contributed by atoms with van der Waals surface area (Å²) in [6, 6.07) is 4.83. The van der Waals surface area contributed by atoms with Gasteiger partial charge in [-0.2, -0.15) is 13.2 Å². The van der Waals surface area contributed by atoms with Gasteiger partial charge in [0, 0.05) is 13.1 Å². The Labute approximate surface area is 146 Å². The maximum Gasteiger partial charge on any atom is 0.418 e. The number of likely N-dealkylation sites (tertiary alicyclic amines) is 1. The van der Waals surface area contributed by atoms with E-state index in [-0.39, 0.29) is 17.9 Å². The van der Waals surface area contributed by atoms with Crippen molar-refractivity contribution in [3.63, 3.8) is 0 Å². The van der Waals surface area contributed by atoms with Gasteiger partial charge in [-0.25, -0.2) is 4.68 Å². The fourth-order valence-electron chi connectivity index (χ4n) is 2.92. The number of para-hydroxylation sites is 1. The summed E-state index contributed by atoms with van der Waals surface area (Å²) < 4.78 is 40.2. The Morgan fingerprint density at radius 1 is 1.23 bits per heavy atom. The second kappa shape index (κ2) is 6.77. The summed E-state index contributed by atoms with van der Waals surface area (Å²) in [4.78, 5) is 24.9. The molecule has 0 bridgehead atoms. The molecule has 1 N–H and O–H groups in total. The summed E-state index contributed by atoms with van der Waals surface area (Å²) in [7, 11) is 0. The molecule has 10 heteroatoms. The third-order valence-electron chi connectivity index (χ3n) is 4.23. The van der Waals surface area contributed by atoms with Crippen LogP contribution in [0.5, 0.6) is 0 Å². The van der Waals surface area contributed by atoms with Crippen LogP contribution in [0, 0.1) is 5.92 Å². The molecule has 1 saturated heterocycles. The van der Waals surface area contributed by atoms with Crippen LogP contribution < -0.4 is 0 Å². The fourth-order valence-corrected chi connectivity index (χ4v) is 2.92. The highest BCUT2D eigenvalue weighted by molar-refractivity contribution is 5.92. The summed E-state index contributed by atoms with van der Waals surface area (Å²) in [5, 5.41) is 16.4. The molecule has 1 aliphatic rings. The van der Waals surface area contributed by atoms with Crippen LogP contribution in [-0.4, -0.2) is 50.0 Å². The summed E-state index contributed by atoms with van der Waals surface area (Å²) >= 11 is 0. The predicted octanol–water partition coefficient (Wildman–Crippen LogP) is 2.22. The predicted molar refractivity (Wildman–Crippen MR) is 82.6 cm³/mol. The Bertz CT molecular complexity index is 834. The number of aromatic nitrogens is 3. The van der Waals surface area contributed by atoms with Crippen LogP contribution in [0.3, 0.4) is 0 Å². The standard InChI is InChI=1S/C16H15F3N4O3/c17-16(18,19)11-5-1-2-6-13(11)23-9-12(20-21-23)14(24)22-7-3-4-10(8-22)15(25)26/h1-2,5-6,9-10H,3-4,7-8H2,(H,25,26). The Kier molecular flexibility index (Phi) is 4.66. The summed E-state index contributed by atoms with van der Waals surface area (Å²) in [6.07, 6.45) is -2.44. The fraction of sp³-hybridized carbons (Fsp3) is 0.375. The largest absolute Gasteiger partial charge is 0.481 e. The number of hydrogen-bond acceptors (Lipinski definition) is 4. The molecule has 1 amide bonds. The highest BCUT2D eigenvalue weighted by Crippen LogP contribution is 2.33. The molecule has 1 atom stereocenters. The number of alkyl halides is 3. The quantitative estimate of drug-likeness (QED) is 0.898. The minimum atomic E-state index is -4.58. The monoisotopic (exact) mass is 368 g/mol. The van der Waals surface area contributed by atoms with E-state index in [1.165, 1.54) is 23.1 Å². The van der Waals surface area contributed by atoms with E-state index in [1.54, 1.807) is 0 Å². The van der Waals surface area contributed by atoms with E-state index in [4.69, 9.17) is 5.11 Å². The van der Waals surface area contributed by atoms with E-state index < -0.39 is 29.5 Å². The van der Waals surface area contributed by atoms with Gasteiger partial charge in [0.25, 0.3) is 5.91 Å². The van der Waals surface area contributed by atoms with Gasteiger partial charge >= 0.3 is 12.1 Å². The normalized spacial score (nSPS) is 18.0. The van der Waals surface area contributed by atoms with E-state index in [1.807, 2.05) is 0 Å². The van der Waals surface area contributed by atoms with Crippen molar-refractivity contribution in [3.05, 3.63) is 41.7 Å². The van der Waals surface area contributed by atoms with Gasteiger partial charge in [0.05, 0.1) is 23.4 Å². The molecule has 3 rings (SSSR count). The smallest absolute Gasteiger partial charge is 0.418 e. The first-order valence-electron chi connectivity index (χ1n) is 7.88. The number of benzene rings is 1. The molecule has 1 unspecified atom stereocenters. The molecule has 26 heavy (non-hydrogen) atoms. The Morgan fingerprint density at radius 2 is 1.96 bits per heavy atom. The minimum absolute atomic E-state index is 0.0418. The molecular formula is C16H15F3N4O3. The van der Waals surface area contributed by atoms with E-state index in [0.29, 0.717) is 19.4 Å². The van der Waals surface area contributed by atoms with E-state index in [9.17, 15) is 22.8 Å². The van der Waals surface area contributed by atoms with Gasteiger partial charge in [0.1, 0.15) is 0 Å². The number of aliphatic carboxylic acids is 1. The van der Waals surface area contributed by atoms with Crippen molar-refractivity contribution < 1.29 is 27.9 Å². The molecule has 0 radical (unpaired) electrons. The number of carbonyl (C=O) groups excluding carboxylic acids is 1. The van der Waals surface area contributed by atoms with Gasteiger partial charge in [-0.15, -0.1) is 5.10 Å². The maximum absolute atomic E-state index is 13.1. The highest BCUT2D eigenvalue weighted by atomic mass is 19.4. The Balaban J connectivity index is 1.85. The van der Waals surface area contributed by atoms with Crippen LogP contribution in [0.1, 0.15) is 28.9 Å². The molecule has 1 aromatic carbocycles. The Hall–Kier alpha value is -2.91. The second-order valence-corrected chi connectivity index (χ2v) is 5.99. The topological polar surface area (TPSA) is 88.3 Å². The first-order chi connectivity index (χ1) is 12.3. The third kappa shape index (κ3) is 3.53. The molecule has 1 aliphatic heterocycles. The van der Waals surface area contributed by atoms with Crippen molar-refractivity contribution in [1.82, 2.24) is 19.9 Å². The zero-order valence-electron chi connectivity index (χ0n) is 13.5. The number of carboxylic acid groups (broad SMARTS) is 1. The van der Waals surface area contributed by atoms with Crippen molar-refractivity contribution >= 4 is 11.9 Å². The molecule has 7 nitrogen and oxygen atoms in total. The van der Waals surface area contributed by atoms with Crippen LogP contribution in [0.25, 0.3) is 5.69 Å². The first-order valence-corrected chi connectivity index (χ1v) is 7.88. The van der Waals surface area contributed by atoms with Gasteiger partial charge in [-0.1, -0.05) is 17.3 Å². The van der Waals surface area contributed by atoms with Gasteiger partial charge in [-0.3, -0.25) is 9.59 Å². The number of amides is 1. The number of carboxylic acids is 1. The average molecular weight is 368 g/mol. The highest BCUT2D eigenvalue weighted by Gasteiger charge is 2.34. The zero-order valence-corrected chi connectivity index (χ0v) is 13.5. The van der Waals surface area contributed by atoms with E-state index >= 15 is 0 Å². The number of piperidine rings is 1. The van der Waals surface area contributed by atoms with Gasteiger partial charge in [0.2, 0.25) is 0 Å².